The van der Waals surface area contributed by atoms with Crippen molar-refractivity contribution >= 4 is 32.3 Å². The SMILES string of the molecule is COc1cccc(-c2cccc3c4nc5ccccc5scc-4c(=O)c23)c1. The predicted octanol–water partition coefficient (Wildman–Crippen LogP) is 5.59. The number of ether oxygens (including phenoxy) is 1. The molecule has 0 N–H and O–H groups in total. The molecule has 0 saturated carbocycles. The van der Waals surface area contributed by atoms with Crippen molar-refractivity contribution in [2.75, 3.05) is 7.11 Å². The smallest absolute Gasteiger partial charge is 0.197 e. The first-order valence-corrected chi connectivity index (χ1v) is 9.51. The number of nitrogens with zero attached hydrogens (tertiary/aromatic N) is 1. The second kappa shape index (κ2) is 6.18. The summed E-state index contributed by atoms with van der Waals surface area (Å²) in [5, 5.41) is 3.54. The third-order valence-electron chi connectivity index (χ3n) is 4.83. The molecule has 0 fully saturated rings. The van der Waals surface area contributed by atoms with Gasteiger partial charge in [-0.05, 0) is 35.4 Å². The van der Waals surface area contributed by atoms with Crippen molar-refractivity contribution in [3.8, 4) is 28.1 Å². The summed E-state index contributed by atoms with van der Waals surface area (Å²) >= 11 is 1.55. The summed E-state index contributed by atoms with van der Waals surface area (Å²) in [6.07, 6.45) is 0. The summed E-state index contributed by atoms with van der Waals surface area (Å²) in [5.41, 5.74) is 4.23. The standard InChI is InChI=1S/C23H15NO2S/c1-26-15-7-4-6-14(12-15)16-8-5-9-17-21(16)23(25)18-13-27-20-11-3-2-10-19(20)24-22(17)18/h2-13H,1H3. The van der Waals surface area contributed by atoms with Crippen LogP contribution in [0.5, 0.6) is 5.75 Å². The van der Waals surface area contributed by atoms with E-state index in [1.165, 1.54) is 0 Å². The maximum atomic E-state index is 13.3. The fourth-order valence-corrected chi connectivity index (χ4v) is 4.39. The number of hydrogen-bond acceptors (Lipinski definition) is 4. The molecular weight excluding hydrogens is 354 g/mol. The van der Waals surface area contributed by atoms with E-state index in [1.54, 1.807) is 18.4 Å². The van der Waals surface area contributed by atoms with E-state index in [0.717, 1.165) is 43.6 Å². The predicted molar refractivity (Wildman–Crippen MR) is 112 cm³/mol. The molecule has 0 atom stereocenters. The minimum Gasteiger partial charge on any atom is -0.497 e. The zero-order valence-corrected chi connectivity index (χ0v) is 15.4. The van der Waals surface area contributed by atoms with Gasteiger partial charge in [0.05, 0.1) is 28.6 Å². The molecule has 3 aromatic rings. The summed E-state index contributed by atoms with van der Waals surface area (Å²) in [6, 6.07) is 21.7. The van der Waals surface area contributed by atoms with Crippen LogP contribution in [0.4, 0.5) is 0 Å². The molecule has 1 aliphatic carbocycles. The summed E-state index contributed by atoms with van der Waals surface area (Å²) in [5.74, 6) is 0.769. The van der Waals surface area contributed by atoms with E-state index in [1.807, 2.05) is 72.1 Å². The van der Waals surface area contributed by atoms with Crippen molar-refractivity contribution in [2.45, 2.75) is 0 Å². The monoisotopic (exact) mass is 369 g/mol. The van der Waals surface area contributed by atoms with Crippen LogP contribution in [0.25, 0.3) is 43.4 Å². The lowest BCUT2D eigenvalue weighted by molar-refractivity contribution is 0.415. The van der Waals surface area contributed by atoms with Crippen LogP contribution in [0.15, 0.2) is 76.9 Å². The highest BCUT2D eigenvalue weighted by molar-refractivity contribution is 7.16. The Balaban J connectivity index is 1.90. The van der Waals surface area contributed by atoms with Crippen molar-refractivity contribution in [2.24, 2.45) is 0 Å². The minimum absolute atomic E-state index is 0.0301. The van der Waals surface area contributed by atoms with Crippen molar-refractivity contribution in [1.82, 2.24) is 4.98 Å². The number of rotatable bonds is 2. The molecule has 1 aliphatic heterocycles. The van der Waals surface area contributed by atoms with Crippen LogP contribution in [-0.4, -0.2) is 12.1 Å². The Morgan fingerprint density at radius 3 is 2.67 bits per heavy atom. The van der Waals surface area contributed by atoms with Gasteiger partial charge in [-0.1, -0.05) is 42.5 Å². The van der Waals surface area contributed by atoms with E-state index in [2.05, 4.69) is 0 Å². The highest BCUT2D eigenvalue weighted by Crippen LogP contribution is 2.36. The second-order valence-corrected chi connectivity index (χ2v) is 7.28. The van der Waals surface area contributed by atoms with Gasteiger partial charge in [-0.3, -0.25) is 4.79 Å². The molecule has 0 spiro atoms. The van der Waals surface area contributed by atoms with E-state index < -0.39 is 0 Å². The molecule has 130 valence electrons. The van der Waals surface area contributed by atoms with Gasteiger partial charge in [-0.25, -0.2) is 4.98 Å². The maximum Gasteiger partial charge on any atom is 0.197 e. The van der Waals surface area contributed by atoms with Crippen molar-refractivity contribution in [1.29, 1.82) is 0 Å². The molecular formula is C23H15NO2S. The van der Waals surface area contributed by atoms with E-state index in [0.29, 0.717) is 5.56 Å². The molecule has 0 saturated heterocycles. The van der Waals surface area contributed by atoms with Crippen LogP contribution < -0.4 is 10.2 Å². The van der Waals surface area contributed by atoms with Crippen LogP contribution >= 0.6 is 11.3 Å². The normalized spacial score (nSPS) is 11.3. The van der Waals surface area contributed by atoms with Crippen molar-refractivity contribution in [3.05, 3.63) is 82.3 Å². The van der Waals surface area contributed by atoms with Gasteiger partial charge in [-0.2, -0.15) is 0 Å². The lowest BCUT2D eigenvalue weighted by Gasteiger charge is -2.06. The first-order chi connectivity index (χ1) is 13.3. The highest BCUT2D eigenvalue weighted by Gasteiger charge is 2.20. The largest absolute Gasteiger partial charge is 0.497 e. The number of aromatic nitrogens is 1. The lowest BCUT2D eigenvalue weighted by Crippen LogP contribution is -1.97. The van der Waals surface area contributed by atoms with Crippen LogP contribution in [0.2, 0.25) is 0 Å². The van der Waals surface area contributed by atoms with E-state index in [-0.39, 0.29) is 5.43 Å². The molecule has 3 aromatic carbocycles. The molecule has 2 aliphatic rings. The molecule has 0 aromatic heterocycles. The summed E-state index contributed by atoms with van der Waals surface area (Å²) in [7, 11) is 1.64. The fraction of sp³-hybridized carbons (Fsp3) is 0.0435. The first-order valence-electron chi connectivity index (χ1n) is 8.63. The molecule has 27 heavy (non-hydrogen) atoms. The quantitative estimate of drug-likeness (QED) is 0.407. The molecule has 0 amide bonds. The molecule has 0 radical (unpaired) electrons. The number of methoxy groups -OCH3 is 1. The Bertz CT molecular complexity index is 1340. The maximum absolute atomic E-state index is 13.3. The first kappa shape index (κ1) is 16.0. The van der Waals surface area contributed by atoms with Gasteiger partial charge in [0.15, 0.2) is 5.43 Å². The topological polar surface area (TPSA) is 39.2 Å². The van der Waals surface area contributed by atoms with Crippen molar-refractivity contribution < 1.29 is 4.74 Å². The Kier molecular flexibility index (Phi) is 3.66. The fourth-order valence-electron chi connectivity index (χ4n) is 3.53. The molecule has 3 nitrogen and oxygen atoms in total. The van der Waals surface area contributed by atoms with Crippen LogP contribution in [0.1, 0.15) is 0 Å². The Hall–Kier alpha value is -3.24. The third-order valence-corrected chi connectivity index (χ3v) is 5.78. The Morgan fingerprint density at radius 1 is 0.926 bits per heavy atom. The average molecular weight is 369 g/mol. The number of hydrogen-bond donors (Lipinski definition) is 0. The molecule has 4 heteroatoms. The van der Waals surface area contributed by atoms with Crippen LogP contribution in [-0.2, 0) is 0 Å². The second-order valence-electron chi connectivity index (χ2n) is 6.37. The average Bonchev–Trinajstić information content (AvgIpc) is 2.87. The van der Waals surface area contributed by atoms with E-state index in [4.69, 9.17) is 9.72 Å². The number of para-hydroxylation sites is 1. The van der Waals surface area contributed by atoms with Gasteiger partial charge in [0.2, 0.25) is 0 Å². The zero-order chi connectivity index (χ0) is 18.4. The molecule has 0 bridgehead atoms. The Morgan fingerprint density at radius 2 is 1.78 bits per heavy atom. The Labute approximate surface area is 159 Å². The minimum atomic E-state index is 0.0301. The number of fused-ring (bicyclic) bond motifs is 4. The molecule has 5 rings (SSSR count). The molecule has 1 heterocycles. The molecule has 0 unspecified atom stereocenters. The number of benzene rings is 3. The lowest BCUT2D eigenvalue weighted by atomic mass is 10.0. The van der Waals surface area contributed by atoms with E-state index >= 15 is 0 Å². The summed E-state index contributed by atoms with van der Waals surface area (Å²) in [4.78, 5) is 18.1. The van der Waals surface area contributed by atoms with Gasteiger partial charge in [0, 0.05) is 16.2 Å². The van der Waals surface area contributed by atoms with Gasteiger partial charge < -0.3 is 4.74 Å². The van der Waals surface area contributed by atoms with Gasteiger partial charge in [0.25, 0.3) is 0 Å². The van der Waals surface area contributed by atoms with E-state index in [9.17, 15) is 4.79 Å². The highest BCUT2D eigenvalue weighted by atomic mass is 32.1. The van der Waals surface area contributed by atoms with Gasteiger partial charge in [0.1, 0.15) is 5.75 Å². The summed E-state index contributed by atoms with van der Waals surface area (Å²) in [6.45, 7) is 0. The van der Waals surface area contributed by atoms with Crippen LogP contribution in [0, 0.1) is 0 Å². The third kappa shape index (κ3) is 2.49. The van der Waals surface area contributed by atoms with Crippen LogP contribution in [0.3, 0.4) is 0 Å². The summed E-state index contributed by atoms with van der Waals surface area (Å²) < 4.78 is 6.41. The van der Waals surface area contributed by atoms with Gasteiger partial charge >= 0.3 is 0 Å². The van der Waals surface area contributed by atoms with Gasteiger partial charge in [-0.15, -0.1) is 11.3 Å². The zero-order valence-electron chi connectivity index (χ0n) is 14.6. The van der Waals surface area contributed by atoms with Crippen molar-refractivity contribution in [3.63, 3.8) is 0 Å².